The van der Waals surface area contributed by atoms with Crippen LogP contribution in [0.1, 0.15) is 32.6 Å². The number of carbonyl (C=O) groups is 3. The number of hydrogen-bond acceptors (Lipinski definition) is 3. The number of hydrogen-bond donors (Lipinski definition) is 0. The maximum atomic E-state index is 11.5. The Labute approximate surface area is 95.3 Å². The van der Waals surface area contributed by atoms with Crippen LogP contribution in [-0.4, -0.2) is 29.0 Å². The molecule has 0 bridgehead atoms. The van der Waals surface area contributed by atoms with Crippen molar-refractivity contribution in [1.82, 2.24) is 4.90 Å². The van der Waals surface area contributed by atoms with Crippen LogP contribution in [-0.2, 0) is 14.4 Å². The van der Waals surface area contributed by atoms with Gasteiger partial charge in [0.1, 0.15) is 5.78 Å². The van der Waals surface area contributed by atoms with Crippen molar-refractivity contribution >= 4 is 17.6 Å². The fraction of sp³-hybridized carbons (Fsp3) is 0.583. The number of amides is 2. The standard InChI is InChI=1S/C12H17NO3/c1-3-5-10(14)6-4-7-13-11(15)8-9(2)12(13)16/h3,9H,1,4-8H2,2H3. The van der Waals surface area contributed by atoms with E-state index in [-0.39, 0.29) is 23.5 Å². The van der Waals surface area contributed by atoms with Gasteiger partial charge in [-0.2, -0.15) is 0 Å². The fourth-order valence-electron chi connectivity index (χ4n) is 1.78. The lowest BCUT2D eigenvalue weighted by molar-refractivity contribution is -0.139. The maximum absolute atomic E-state index is 11.5. The van der Waals surface area contributed by atoms with Crippen molar-refractivity contribution < 1.29 is 14.4 Å². The molecule has 0 aromatic carbocycles. The van der Waals surface area contributed by atoms with Crippen LogP contribution >= 0.6 is 0 Å². The van der Waals surface area contributed by atoms with Gasteiger partial charge in [-0.15, -0.1) is 6.58 Å². The summed E-state index contributed by atoms with van der Waals surface area (Å²) in [5.74, 6) is -0.326. The fourth-order valence-corrected chi connectivity index (χ4v) is 1.78. The molecule has 16 heavy (non-hydrogen) atoms. The van der Waals surface area contributed by atoms with Gasteiger partial charge in [-0.25, -0.2) is 0 Å². The molecule has 0 aromatic heterocycles. The van der Waals surface area contributed by atoms with Gasteiger partial charge in [-0.05, 0) is 6.42 Å². The van der Waals surface area contributed by atoms with Crippen LogP contribution in [0.15, 0.2) is 12.7 Å². The third-order valence-corrected chi connectivity index (χ3v) is 2.68. The Balaban J connectivity index is 2.33. The van der Waals surface area contributed by atoms with E-state index in [1.807, 2.05) is 0 Å². The lowest BCUT2D eigenvalue weighted by atomic mass is 10.1. The first-order valence-corrected chi connectivity index (χ1v) is 5.53. The molecule has 0 radical (unpaired) electrons. The predicted octanol–water partition coefficient (Wildman–Crippen LogP) is 1.31. The van der Waals surface area contributed by atoms with Crippen LogP contribution in [0.4, 0.5) is 0 Å². The van der Waals surface area contributed by atoms with Crippen molar-refractivity contribution in [2.75, 3.05) is 6.54 Å². The van der Waals surface area contributed by atoms with Crippen molar-refractivity contribution in [1.29, 1.82) is 0 Å². The Kier molecular flexibility index (Phi) is 4.40. The Morgan fingerprint density at radius 2 is 2.25 bits per heavy atom. The first-order valence-electron chi connectivity index (χ1n) is 5.53. The average molecular weight is 223 g/mol. The Morgan fingerprint density at radius 1 is 1.56 bits per heavy atom. The van der Waals surface area contributed by atoms with Crippen molar-refractivity contribution in [3.8, 4) is 0 Å². The largest absolute Gasteiger partial charge is 0.299 e. The molecular weight excluding hydrogens is 206 g/mol. The average Bonchev–Trinajstić information content (AvgIpc) is 2.45. The van der Waals surface area contributed by atoms with E-state index in [9.17, 15) is 14.4 Å². The van der Waals surface area contributed by atoms with E-state index in [1.54, 1.807) is 13.0 Å². The van der Waals surface area contributed by atoms with E-state index in [1.165, 1.54) is 4.90 Å². The summed E-state index contributed by atoms with van der Waals surface area (Å²) in [4.78, 5) is 35.4. The highest BCUT2D eigenvalue weighted by molar-refractivity contribution is 6.03. The van der Waals surface area contributed by atoms with Gasteiger partial charge < -0.3 is 0 Å². The van der Waals surface area contributed by atoms with Crippen LogP contribution in [0.25, 0.3) is 0 Å². The first-order chi connectivity index (χ1) is 7.56. The summed E-state index contributed by atoms with van der Waals surface area (Å²) in [5, 5.41) is 0. The molecule has 1 fully saturated rings. The first kappa shape index (κ1) is 12.6. The van der Waals surface area contributed by atoms with Gasteiger partial charge in [-0.3, -0.25) is 19.3 Å². The summed E-state index contributed by atoms with van der Waals surface area (Å²) in [5.41, 5.74) is 0. The topological polar surface area (TPSA) is 54.5 Å². The lowest BCUT2D eigenvalue weighted by Crippen LogP contribution is -2.31. The van der Waals surface area contributed by atoms with Gasteiger partial charge in [0.15, 0.2) is 0 Å². The third kappa shape index (κ3) is 3.02. The smallest absolute Gasteiger partial charge is 0.232 e. The molecule has 1 rings (SSSR count). The summed E-state index contributed by atoms with van der Waals surface area (Å²) in [6, 6.07) is 0. The Bertz CT molecular complexity index is 322. The summed E-state index contributed by atoms with van der Waals surface area (Å²) in [6.45, 7) is 5.60. The highest BCUT2D eigenvalue weighted by Crippen LogP contribution is 2.19. The number of nitrogens with zero attached hydrogens (tertiary/aromatic N) is 1. The van der Waals surface area contributed by atoms with Crippen LogP contribution in [0.5, 0.6) is 0 Å². The normalized spacial score (nSPS) is 20.3. The quantitative estimate of drug-likeness (QED) is 0.504. The Hall–Kier alpha value is -1.45. The van der Waals surface area contributed by atoms with E-state index in [2.05, 4.69) is 6.58 Å². The zero-order valence-electron chi connectivity index (χ0n) is 9.57. The van der Waals surface area contributed by atoms with E-state index in [0.29, 0.717) is 32.2 Å². The highest BCUT2D eigenvalue weighted by Gasteiger charge is 2.34. The molecule has 2 amide bonds. The molecular formula is C12H17NO3. The molecule has 4 nitrogen and oxygen atoms in total. The molecule has 0 saturated carbocycles. The molecule has 1 heterocycles. The van der Waals surface area contributed by atoms with Crippen LogP contribution in [0.3, 0.4) is 0 Å². The molecule has 1 aliphatic heterocycles. The number of rotatable bonds is 6. The van der Waals surface area contributed by atoms with Gasteiger partial charge in [0, 0.05) is 31.7 Å². The van der Waals surface area contributed by atoms with Gasteiger partial charge in [0.2, 0.25) is 11.8 Å². The summed E-state index contributed by atoms with van der Waals surface area (Å²) < 4.78 is 0. The lowest BCUT2D eigenvalue weighted by Gasteiger charge is -2.13. The predicted molar refractivity (Wildman–Crippen MR) is 59.6 cm³/mol. The van der Waals surface area contributed by atoms with E-state index in [4.69, 9.17) is 0 Å². The van der Waals surface area contributed by atoms with Crippen molar-refractivity contribution in [3.63, 3.8) is 0 Å². The van der Waals surface area contributed by atoms with Crippen molar-refractivity contribution in [2.24, 2.45) is 5.92 Å². The molecule has 88 valence electrons. The van der Waals surface area contributed by atoms with Crippen LogP contribution in [0, 0.1) is 5.92 Å². The second kappa shape index (κ2) is 5.58. The highest BCUT2D eigenvalue weighted by atomic mass is 16.2. The summed E-state index contributed by atoms with van der Waals surface area (Å²) >= 11 is 0. The van der Waals surface area contributed by atoms with E-state index >= 15 is 0 Å². The SMILES string of the molecule is C=CCC(=O)CCCN1C(=O)CC(C)C1=O. The monoisotopic (exact) mass is 223 g/mol. The summed E-state index contributed by atoms with van der Waals surface area (Å²) in [7, 11) is 0. The second-order valence-corrected chi connectivity index (χ2v) is 4.12. The minimum atomic E-state index is -0.198. The molecule has 1 aliphatic rings. The minimum absolute atomic E-state index is 0.0992. The molecule has 4 heteroatoms. The minimum Gasteiger partial charge on any atom is -0.299 e. The number of likely N-dealkylation sites (tertiary alicyclic amines) is 1. The van der Waals surface area contributed by atoms with Crippen molar-refractivity contribution in [3.05, 3.63) is 12.7 Å². The molecule has 0 aromatic rings. The molecule has 1 saturated heterocycles. The number of imide groups is 1. The van der Waals surface area contributed by atoms with Gasteiger partial charge in [0.25, 0.3) is 0 Å². The number of carbonyl (C=O) groups excluding carboxylic acids is 3. The Morgan fingerprint density at radius 3 is 2.75 bits per heavy atom. The second-order valence-electron chi connectivity index (χ2n) is 4.12. The number of allylic oxidation sites excluding steroid dienone is 1. The van der Waals surface area contributed by atoms with Gasteiger partial charge in [-0.1, -0.05) is 13.0 Å². The maximum Gasteiger partial charge on any atom is 0.232 e. The van der Waals surface area contributed by atoms with Gasteiger partial charge >= 0.3 is 0 Å². The van der Waals surface area contributed by atoms with E-state index < -0.39 is 0 Å². The zero-order chi connectivity index (χ0) is 12.1. The molecule has 0 N–H and O–H groups in total. The molecule has 0 aliphatic carbocycles. The number of ketones is 1. The third-order valence-electron chi connectivity index (χ3n) is 2.68. The zero-order valence-corrected chi connectivity index (χ0v) is 9.57. The molecule has 0 spiro atoms. The van der Waals surface area contributed by atoms with Gasteiger partial charge in [0.05, 0.1) is 0 Å². The number of Topliss-reactive ketones (excluding diaryl/α,β-unsaturated/α-hetero) is 1. The van der Waals surface area contributed by atoms with Crippen LogP contribution < -0.4 is 0 Å². The van der Waals surface area contributed by atoms with Crippen LogP contribution in [0.2, 0.25) is 0 Å². The molecule has 1 atom stereocenters. The molecule has 1 unspecified atom stereocenters. The summed E-state index contributed by atoms with van der Waals surface area (Å²) in [6.07, 6.45) is 3.18. The van der Waals surface area contributed by atoms with Crippen molar-refractivity contribution in [2.45, 2.75) is 32.6 Å². The van der Waals surface area contributed by atoms with E-state index in [0.717, 1.165) is 0 Å².